The van der Waals surface area contributed by atoms with Gasteiger partial charge in [-0.2, -0.15) is 0 Å². The van der Waals surface area contributed by atoms with Crippen molar-refractivity contribution in [3.63, 3.8) is 0 Å². The molecule has 104 valence electrons. The van der Waals surface area contributed by atoms with Crippen molar-refractivity contribution in [1.82, 2.24) is 9.13 Å². The molecule has 0 aliphatic heterocycles. The van der Waals surface area contributed by atoms with Crippen LogP contribution in [-0.4, -0.2) is 14.9 Å². The minimum Gasteiger partial charge on any atom is -0.859 e. The van der Waals surface area contributed by atoms with Gasteiger partial charge in [-0.1, -0.05) is 11.6 Å². The molecule has 0 unspecified atom stereocenters. The number of hydrogen-bond donors (Lipinski definition) is 0. The van der Waals surface area contributed by atoms with Crippen molar-refractivity contribution in [2.24, 2.45) is 14.1 Å². The molecule has 0 radical (unpaired) electrons. The smallest absolute Gasteiger partial charge is 0.329 e. The average Bonchev–Trinajstić information content (AvgIpc) is 2.44. The topological polar surface area (TPSA) is 84.1 Å². The minimum atomic E-state index is -0.905. The van der Waals surface area contributed by atoms with E-state index in [4.69, 9.17) is 11.6 Å². The Morgan fingerprint density at radius 3 is 2.20 bits per heavy atom. The molecule has 1 aromatic carbocycles. The van der Waals surface area contributed by atoms with Crippen molar-refractivity contribution in [2.45, 2.75) is 0 Å². The molecule has 0 saturated carbocycles. The molecule has 0 fully saturated rings. The first-order valence-corrected chi connectivity index (χ1v) is 5.99. The van der Waals surface area contributed by atoms with Gasteiger partial charge in [0.15, 0.2) is 5.78 Å². The van der Waals surface area contributed by atoms with Crippen LogP contribution in [0, 0.1) is 0 Å². The first kappa shape index (κ1) is 14.1. The number of carbonyl (C=O) groups excluding carboxylic acids is 1. The van der Waals surface area contributed by atoms with Crippen LogP contribution in [0.25, 0.3) is 0 Å². The Labute approximate surface area is 118 Å². The Hall–Kier alpha value is -2.34. The maximum absolute atomic E-state index is 12.2. The predicted octanol–water partition coefficient (Wildman–Crippen LogP) is 0.0420. The second-order valence-corrected chi connectivity index (χ2v) is 4.66. The van der Waals surface area contributed by atoms with Crippen LogP contribution < -0.4 is 16.4 Å². The van der Waals surface area contributed by atoms with Gasteiger partial charge >= 0.3 is 5.69 Å². The fourth-order valence-electron chi connectivity index (χ4n) is 1.77. The summed E-state index contributed by atoms with van der Waals surface area (Å²) in [5.74, 6) is -1.64. The number of carbonyl (C=O) groups is 1. The largest absolute Gasteiger partial charge is 0.859 e. The molecule has 0 aliphatic carbocycles. The summed E-state index contributed by atoms with van der Waals surface area (Å²) in [6, 6.07) is 5.78. The number of aromatic nitrogens is 2. The van der Waals surface area contributed by atoms with Crippen molar-refractivity contribution >= 4 is 17.4 Å². The van der Waals surface area contributed by atoms with Crippen LogP contribution in [-0.2, 0) is 14.1 Å². The van der Waals surface area contributed by atoms with E-state index in [1.807, 2.05) is 0 Å². The lowest BCUT2D eigenvalue weighted by Gasteiger charge is -2.17. The number of hydrogen-bond acceptors (Lipinski definition) is 4. The molecule has 6 nitrogen and oxygen atoms in total. The monoisotopic (exact) mass is 293 g/mol. The summed E-state index contributed by atoms with van der Waals surface area (Å²) in [6.07, 6.45) is 0. The van der Waals surface area contributed by atoms with Gasteiger partial charge in [0.1, 0.15) is 0 Å². The molecule has 7 heteroatoms. The molecular formula is C13H10ClN2O4-. The molecule has 0 aliphatic rings. The molecule has 0 bridgehead atoms. The normalized spacial score (nSPS) is 10.6. The molecule has 1 aromatic heterocycles. The summed E-state index contributed by atoms with van der Waals surface area (Å²) < 4.78 is 1.45. The Morgan fingerprint density at radius 2 is 1.65 bits per heavy atom. The molecule has 0 saturated heterocycles. The van der Waals surface area contributed by atoms with Gasteiger partial charge in [0.05, 0.1) is 5.56 Å². The van der Waals surface area contributed by atoms with Gasteiger partial charge in [0, 0.05) is 24.7 Å². The lowest BCUT2D eigenvalue weighted by atomic mass is 10.1. The fraction of sp³-hybridized carbons (Fsp3) is 0.154. The highest BCUT2D eigenvalue weighted by Gasteiger charge is 2.18. The van der Waals surface area contributed by atoms with Gasteiger partial charge in [0.25, 0.3) is 5.56 Å². The maximum atomic E-state index is 12.2. The van der Waals surface area contributed by atoms with E-state index in [0.717, 1.165) is 9.13 Å². The van der Waals surface area contributed by atoms with Gasteiger partial charge in [-0.15, -0.1) is 0 Å². The predicted molar refractivity (Wildman–Crippen MR) is 71.3 cm³/mol. The molecule has 1 heterocycles. The number of nitrogens with zero attached hydrogens (tertiary/aromatic N) is 2. The lowest BCUT2D eigenvalue weighted by molar-refractivity contribution is -0.280. The van der Waals surface area contributed by atoms with Crippen LogP contribution in [0.1, 0.15) is 15.9 Å². The summed E-state index contributed by atoms with van der Waals surface area (Å²) >= 11 is 5.71. The molecule has 2 rings (SSSR count). The van der Waals surface area contributed by atoms with Gasteiger partial charge in [-0.3, -0.25) is 14.2 Å². The van der Waals surface area contributed by atoms with E-state index in [2.05, 4.69) is 0 Å². The van der Waals surface area contributed by atoms with Gasteiger partial charge in [0.2, 0.25) is 0 Å². The van der Waals surface area contributed by atoms with E-state index < -0.39 is 28.5 Å². The maximum Gasteiger partial charge on any atom is 0.329 e. The van der Waals surface area contributed by atoms with Crippen LogP contribution in [0.5, 0.6) is 5.88 Å². The summed E-state index contributed by atoms with van der Waals surface area (Å²) in [6.45, 7) is 0. The number of benzene rings is 1. The SMILES string of the molecule is Cn1c([O-])c(C(=O)c2ccc(Cl)cc2)c(=O)n(C)c1=O. The molecule has 20 heavy (non-hydrogen) atoms. The Kier molecular flexibility index (Phi) is 3.50. The Balaban J connectivity index is 2.70. The molecule has 0 atom stereocenters. The van der Waals surface area contributed by atoms with Crippen molar-refractivity contribution < 1.29 is 9.90 Å². The van der Waals surface area contributed by atoms with E-state index in [1.165, 1.54) is 38.4 Å². The van der Waals surface area contributed by atoms with Crippen LogP contribution in [0.3, 0.4) is 0 Å². The zero-order valence-corrected chi connectivity index (χ0v) is 11.5. The average molecular weight is 294 g/mol. The number of ketones is 1. The summed E-state index contributed by atoms with van der Waals surface area (Å²) in [4.78, 5) is 35.8. The highest BCUT2D eigenvalue weighted by molar-refractivity contribution is 6.30. The van der Waals surface area contributed by atoms with E-state index in [0.29, 0.717) is 5.02 Å². The summed E-state index contributed by atoms with van der Waals surface area (Å²) in [7, 11) is 2.42. The van der Waals surface area contributed by atoms with E-state index in [9.17, 15) is 19.5 Å². The van der Waals surface area contributed by atoms with Crippen molar-refractivity contribution in [2.75, 3.05) is 0 Å². The van der Waals surface area contributed by atoms with Crippen LogP contribution in [0.2, 0.25) is 5.02 Å². The third-order valence-corrected chi connectivity index (χ3v) is 3.20. The lowest BCUT2D eigenvalue weighted by Crippen LogP contribution is -2.41. The zero-order chi connectivity index (χ0) is 15.0. The van der Waals surface area contributed by atoms with E-state index in [-0.39, 0.29) is 5.56 Å². The first-order chi connectivity index (χ1) is 9.34. The highest BCUT2D eigenvalue weighted by Crippen LogP contribution is 2.15. The van der Waals surface area contributed by atoms with Crippen LogP contribution in [0.4, 0.5) is 0 Å². The highest BCUT2D eigenvalue weighted by atomic mass is 35.5. The third kappa shape index (κ3) is 2.14. The van der Waals surface area contributed by atoms with Crippen LogP contribution in [0.15, 0.2) is 33.9 Å². The second kappa shape index (κ2) is 4.97. The Bertz CT molecular complexity index is 803. The molecule has 0 N–H and O–H groups in total. The zero-order valence-electron chi connectivity index (χ0n) is 10.7. The van der Waals surface area contributed by atoms with Crippen molar-refractivity contribution in [3.05, 3.63) is 61.3 Å². The van der Waals surface area contributed by atoms with Gasteiger partial charge in [-0.25, -0.2) is 4.79 Å². The quantitative estimate of drug-likeness (QED) is 0.732. The summed E-state index contributed by atoms with van der Waals surface area (Å²) in [5.41, 5.74) is -2.08. The first-order valence-electron chi connectivity index (χ1n) is 5.62. The standard InChI is InChI=1S/C13H11ClN2O4/c1-15-11(18)9(12(19)16(2)13(15)20)10(17)7-3-5-8(14)6-4-7/h3-6,18H,1-2H3/p-1. The molecule has 2 aromatic rings. The van der Waals surface area contributed by atoms with Gasteiger partial charge < -0.3 is 9.67 Å². The number of rotatable bonds is 2. The van der Waals surface area contributed by atoms with E-state index in [1.54, 1.807) is 0 Å². The van der Waals surface area contributed by atoms with Crippen molar-refractivity contribution in [3.8, 4) is 5.88 Å². The number of halogens is 1. The molecule has 0 amide bonds. The van der Waals surface area contributed by atoms with Gasteiger partial charge in [-0.05, 0) is 30.1 Å². The third-order valence-electron chi connectivity index (χ3n) is 2.94. The molecular weight excluding hydrogens is 284 g/mol. The van der Waals surface area contributed by atoms with Crippen LogP contribution >= 0.6 is 11.6 Å². The summed E-state index contributed by atoms with van der Waals surface area (Å²) in [5, 5.41) is 12.4. The second-order valence-electron chi connectivity index (χ2n) is 4.22. The van der Waals surface area contributed by atoms with Crippen molar-refractivity contribution in [1.29, 1.82) is 0 Å². The fourth-order valence-corrected chi connectivity index (χ4v) is 1.89. The Morgan fingerprint density at radius 1 is 1.10 bits per heavy atom. The van der Waals surface area contributed by atoms with E-state index >= 15 is 0 Å². The molecule has 0 spiro atoms. The minimum absolute atomic E-state index is 0.155.